The molecule has 176 valence electrons. The Morgan fingerprint density at radius 1 is 1.24 bits per heavy atom. The maximum atomic E-state index is 14.0. The van der Waals surface area contributed by atoms with Gasteiger partial charge in [-0.1, -0.05) is 19.9 Å². The summed E-state index contributed by atoms with van der Waals surface area (Å²) in [5.74, 6) is 0.176. The van der Waals surface area contributed by atoms with Crippen LogP contribution in [0.5, 0.6) is 0 Å². The predicted molar refractivity (Wildman–Crippen MR) is 125 cm³/mol. The normalized spacial score (nSPS) is 24.0. The second-order valence-electron chi connectivity index (χ2n) is 9.49. The maximum Gasteiger partial charge on any atom is 0.321 e. The van der Waals surface area contributed by atoms with E-state index in [2.05, 4.69) is 51.1 Å². The van der Waals surface area contributed by atoms with Crippen molar-refractivity contribution in [1.82, 2.24) is 29.9 Å². The number of hydrogen-bond donors (Lipinski definition) is 2. The lowest BCUT2D eigenvalue weighted by molar-refractivity contribution is 0.0353. The number of piperazine rings is 1. The number of fused-ring (bicyclic) bond motifs is 2. The van der Waals surface area contributed by atoms with E-state index in [-0.39, 0.29) is 18.0 Å². The molecule has 2 saturated heterocycles. The smallest absolute Gasteiger partial charge is 0.319 e. The molecule has 0 aliphatic carbocycles. The SMILES string of the molecule is CCC1(CC)c2[nH]nc(NC(=O)c3ccccn3)c2CN1C(=O)N1C[C@@H]2CCCN2C[C@@H]1C. The van der Waals surface area contributed by atoms with Crippen LogP contribution >= 0.6 is 0 Å². The van der Waals surface area contributed by atoms with Crippen LogP contribution in [-0.2, 0) is 12.1 Å². The molecule has 9 nitrogen and oxygen atoms in total. The molecule has 2 atom stereocenters. The molecule has 3 aliphatic rings. The van der Waals surface area contributed by atoms with Crippen molar-refractivity contribution in [3.8, 4) is 0 Å². The van der Waals surface area contributed by atoms with Crippen LogP contribution in [0.3, 0.4) is 0 Å². The number of aromatic nitrogens is 3. The van der Waals surface area contributed by atoms with E-state index in [9.17, 15) is 9.59 Å². The molecule has 0 aromatic carbocycles. The Balaban J connectivity index is 1.41. The van der Waals surface area contributed by atoms with E-state index in [4.69, 9.17) is 0 Å². The van der Waals surface area contributed by atoms with Gasteiger partial charge in [0.25, 0.3) is 5.91 Å². The molecular formula is C24H33N7O2. The van der Waals surface area contributed by atoms with Crippen molar-refractivity contribution in [2.45, 2.75) is 70.6 Å². The van der Waals surface area contributed by atoms with Gasteiger partial charge in [0.1, 0.15) is 5.69 Å². The monoisotopic (exact) mass is 451 g/mol. The molecule has 3 aliphatic heterocycles. The minimum absolute atomic E-state index is 0.0874. The van der Waals surface area contributed by atoms with E-state index in [0.29, 0.717) is 24.1 Å². The van der Waals surface area contributed by atoms with Crippen molar-refractivity contribution in [3.05, 3.63) is 41.3 Å². The van der Waals surface area contributed by atoms with E-state index in [1.165, 1.54) is 6.42 Å². The van der Waals surface area contributed by atoms with Crippen LogP contribution in [0.2, 0.25) is 0 Å². The average molecular weight is 452 g/mol. The molecule has 3 amide bonds. The van der Waals surface area contributed by atoms with Crippen LogP contribution in [0, 0.1) is 0 Å². The molecule has 0 bridgehead atoms. The Bertz CT molecular complexity index is 1030. The Kier molecular flexibility index (Phi) is 5.60. The van der Waals surface area contributed by atoms with Crippen molar-refractivity contribution in [1.29, 1.82) is 0 Å². The summed E-state index contributed by atoms with van der Waals surface area (Å²) in [6, 6.07) is 5.96. The van der Waals surface area contributed by atoms with E-state index in [1.54, 1.807) is 24.4 Å². The first kappa shape index (κ1) is 21.9. The number of aromatic amines is 1. The number of nitrogens with one attached hydrogen (secondary N) is 2. The summed E-state index contributed by atoms with van der Waals surface area (Å²) in [5, 5.41) is 10.5. The highest BCUT2D eigenvalue weighted by Gasteiger charge is 2.50. The molecule has 2 aromatic heterocycles. The summed E-state index contributed by atoms with van der Waals surface area (Å²) in [7, 11) is 0. The third-order valence-electron chi connectivity index (χ3n) is 7.88. The van der Waals surface area contributed by atoms with Gasteiger partial charge in [-0.2, -0.15) is 5.10 Å². The lowest BCUT2D eigenvalue weighted by atomic mass is 9.89. The fraction of sp³-hybridized carbons (Fsp3) is 0.583. The van der Waals surface area contributed by atoms with E-state index < -0.39 is 5.54 Å². The molecule has 0 saturated carbocycles. The average Bonchev–Trinajstić information content (AvgIpc) is 3.53. The number of anilines is 1. The fourth-order valence-corrected chi connectivity index (χ4v) is 5.97. The van der Waals surface area contributed by atoms with Gasteiger partial charge < -0.3 is 15.1 Å². The summed E-state index contributed by atoms with van der Waals surface area (Å²) >= 11 is 0. The van der Waals surface area contributed by atoms with Gasteiger partial charge in [0.05, 0.1) is 17.8 Å². The molecule has 0 spiro atoms. The zero-order valence-corrected chi connectivity index (χ0v) is 19.7. The van der Waals surface area contributed by atoms with Crippen molar-refractivity contribution in [2.24, 2.45) is 0 Å². The zero-order chi connectivity index (χ0) is 23.2. The van der Waals surface area contributed by atoms with Crippen LogP contribution in [0.1, 0.15) is 68.2 Å². The van der Waals surface area contributed by atoms with Gasteiger partial charge in [0, 0.05) is 36.9 Å². The van der Waals surface area contributed by atoms with E-state index in [0.717, 1.165) is 50.2 Å². The van der Waals surface area contributed by atoms with Gasteiger partial charge in [0.15, 0.2) is 5.82 Å². The lowest BCUT2D eigenvalue weighted by Gasteiger charge is -2.46. The molecule has 2 N–H and O–H groups in total. The van der Waals surface area contributed by atoms with Gasteiger partial charge in [-0.05, 0) is 51.3 Å². The van der Waals surface area contributed by atoms with Crippen LogP contribution in [0.4, 0.5) is 10.6 Å². The standard InChI is InChI=1S/C24H33N7O2/c1-4-24(5-2)20-18(21(28-27-20)26-22(32)19-10-6-7-11-25-19)15-31(24)23(33)30-14-17-9-8-12-29(17)13-16(30)3/h6-7,10-11,16-17H,4-5,8-9,12-15H2,1-3H3,(H2,26,27,28,32)/t16-,17-/m0/s1. The third-order valence-corrected chi connectivity index (χ3v) is 7.88. The highest BCUT2D eigenvalue weighted by Crippen LogP contribution is 2.46. The van der Waals surface area contributed by atoms with Crippen LogP contribution in [0.15, 0.2) is 24.4 Å². The fourth-order valence-electron chi connectivity index (χ4n) is 5.97. The van der Waals surface area contributed by atoms with Gasteiger partial charge in [0.2, 0.25) is 0 Å². The Hall–Kier alpha value is -2.94. The van der Waals surface area contributed by atoms with Crippen molar-refractivity contribution in [2.75, 3.05) is 25.0 Å². The summed E-state index contributed by atoms with van der Waals surface area (Å²) in [5.41, 5.74) is 1.70. The first-order valence-corrected chi connectivity index (χ1v) is 12.1. The molecule has 2 fully saturated rings. The van der Waals surface area contributed by atoms with Crippen molar-refractivity contribution in [3.63, 3.8) is 0 Å². The quantitative estimate of drug-likeness (QED) is 0.744. The second-order valence-corrected chi connectivity index (χ2v) is 9.49. The molecule has 0 unspecified atom stereocenters. The molecule has 5 heterocycles. The van der Waals surface area contributed by atoms with Gasteiger partial charge >= 0.3 is 6.03 Å². The molecular weight excluding hydrogens is 418 g/mol. The summed E-state index contributed by atoms with van der Waals surface area (Å²) in [6.07, 6.45) is 5.52. The molecule has 5 rings (SSSR count). The number of carbonyl (C=O) groups excluding carboxylic acids is 2. The van der Waals surface area contributed by atoms with Gasteiger partial charge in [-0.3, -0.25) is 19.8 Å². The highest BCUT2D eigenvalue weighted by molar-refractivity contribution is 6.02. The topological polar surface area (TPSA) is 97.5 Å². The molecule has 9 heteroatoms. The number of rotatable bonds is 4. The minimum Gasteiger partial charge on any atom is -0.319 e. The number of hydrogen-bond acceptors (Lipinski definition) is 5. The Labute approximate surface area is 194 Å². The van der Waals surface area contributed by atoms with Gasteiger partial charge in [-0.25, -0.2) is 4.79 Å². The van der Waals surface area contributed by atoms with Crippen LogP contribution in [-0.4, -0.2) is 73.5 Å². The van der Waals surface area contributed by atoms with Crippen LogP contribution < -0.4 is 5.32 Å². The van der Waals surface area contributed by atoms with Crippen molar-refractivity contribution < 1.29 is 9.59 Å². The zero-order valence-electron chi connectivity index (χ0n) is 19.7. The first-order chi connectivity index (χ1) is 16.0. The maximum absolute atomic E-state index is 14.0. The third kappa shape index (κ3) is 3.49. The summed E-state index contributed by atoms with van der Waals surface area (Å²) in [4.78, 5) is 37.4. The van der Waals surface area contributed by atoms with E-state index in [1.807, 2.05) is 4.90 Å². The number of urea groups is 1. The van der Waals surface area contributed by atoms with Gasteiger partial charge in [-0.15, -0.1) is 0 Å². The largest absolute Gasteiger partial charge is 0.321 e. The molecule has 0 radical (unpaired) electrons. The highest BCUT2D eigenvalue weighted by atomic mass is 16.2. The predicted octanol–water partition coefficient (Wildman–Crippen LogP) is 3.18. The number of nitrogens with zero attached hydrogens (tertiary/aromatic N) is 5. The second kappa shape index (κ2) is 8.44. The Morgan fingerprint density at radius 2 is 2.06 bits per heavy atom. The number of carbonyl (C=O) groups is 2. The van der Waals surface area contributed by atoms with E-state index >= 15 is 0 Å². The summed E-state index contributed by atoms with van der Waals surface area (Å²) in [6.45, 7) is 9.69. The molecule has 2 aromatic rings. The molecule has 33 heavy (non-hydrogen) atoms. The number of amides is 3. The summed E-state index contributed by atoms with van der Waals surface area (Å²) < 4.78 is 0. The van der Waals surface area contributed by atoms with Crippen LogP contribution in [0.25, 0.3) is 0 Å². The minimum atomic E-state index is -0.458. The first-order valence-electron chi connectivity index (χ1n) is 12.1. The Morgan fingerprint density at radius 3 is 2.79 bits per heavy atom. The van der Waals surface area contributed by atoms with Crippen molar-refractivity contribution >= 4 is 17.8 Å². The number of H-pyrrole nitrogens is 1. The number of pyridine rings is 1. The lowest BCUT2D eigenvalue weighted by Crippen LogP contribution is -2.61.